The van der Waals surface area contributed by atoms with Crippen LogP contribution in [0.2, 0.25) is 0 Å². The molecule has 2 unspecified atom stereocenters. The molecule has 29 heavy (non-hydrogen) atoms. The molecule has 2 aliphatic carbocycles. The average molecular weight is 436 g/mol. The Morgan fingerprint density at radius 1 is 1.34 bits per heavy atom. The van der Waals surface area contributed by atoms with Gasteiger partial charge in [0.1, 0.15) is 14.1 Å². The van der Waals surface area contributed by atoms with Crippen molar-refractivity contribution in [3.8, 4) is 0 Å². The van der Waals surface area contributed by atoms with E-state index in [1.54, 1.807) is 25.3 Å². The lowest BCUT2D eigenvalue weighted by Crippen LogP contribution is -2.23. The molecule has 158 valence electrons. The smallest absolute Gasteiger partial charge is 0.233 e. The van der Waals surface area contributed by atoms with Crippen LogP contribution in [0.15, 0.2) is 26.1 Å². The first-order valence-electron chi connectivity index (χ1n) is 10.0. The summed E-state index contributed by atoms with van der Waals surface area (Å²) < 4.78 is 17.3. The van der Waals surface area contributed by atoms with Crippen LogP contribution < -0.4 is 10.5 Å². The Morgan fingerprint density at radius 2 is 2.07 bits per heavy atom. The van der Waals surface area contributed by atoms with Gasteiger partial charge in [0, 0.05) is 5.69 Å². The summed E-state index contributed by atoms with van der Waals surface area (Å²) in [5, 5.41) is 31.5. The standard InChI is InChI=1S/C21H29N3O3S2/c1-12-17(13-7-8-13)9-14-5-4-6-16(14)19(12)23-20(25)24-29(22,27)18-10-15(11-28-18)21(2,3)26/h9-11,13,20,23,25-26H,4-8H2,1-3H3,(H2,22,24,27). The Bertz CT molecular complexity index is 1060. The predicted octanol–water partition coefficient (Wildman–Crippen LogP) is 3.74. The van der Waals surface area contributed by atoms with Gasteiger partial charge in [-0.15, -0.1) is 11.3 Å². The van der Waals surface area contributed by atoms with Gasteiger partial charge in [-0.05, 0) is 98.1 Å². The molecule has 4 rings (SSSR count). The van der Waals surface area contributed by atoms with Crippen LogP contribution in [0.4, 0.5) is 5.69 Å². The van der Waals surface area contributed by atoms with E-state index in [1.807, 2.05) is 0 Å². The van der Waals surface area contributed by atoms with Crippen molar-refractivity contribution >= 4 is 26.9 Å². The van der Waals surface area contributed by atoms with Gasteiger partial charge in [0.05, 0.1) is 5.60 Å². The number of nitrogens with zero attached hydrogens (tertiary/aromatic N) is 1. The average Bonchev–Trinajstić information content (AvgIpc) is 3.13. The van der Waals surface area contributed by atoms with E-state index in [9.17, 15) is 14.4 Å². The highest BCUT2D eigenvalue weighted by atomic mass is 32.2. The molecule has 1 saturated carbocycles. The van der Waals surface area contributed by atoms with Crippen molar-refractivity contribution < 1.29 is 14.4 Å². The Morgan fingerprint density at radius 3 is 2.69 bits per heavy atom. The molecule has 1 aromatic carbocycles. The maximum absolute atomic E-state index is 13.0. The van der Waals surface area contributed by atoms with Crippen LogP contribution in [-0.2, 0) is 28.4 Å². The summed E-state index contributed by atoms with van der Waals surface area (Å²) in [6.07, 6.45) is 4.18. The van der Waals surface area contributed by atoms with E-state index in [2.05, 4.69) is 22.7 Å². The Hall–Kier alpha value is -1.45. The number of aliphatic hydroxyl groups excluding tert-OH is 1. The highest BCUT2D eigenvalue weighted by molar-refractivity contribution is 7.93. The zero-order valence-corrected chi connectivity index (χ0v) is 18.7. The molecule has 8 heteroatoms. The van der Waals surface area contributed by atoms with E-state index >= 15 is 0 Å². The van der Waals surface area contributed by atoms with Crippen molar-refractivity contribution in [2.24, 2.45) is 9.50 Å². The van der Waals surface area contributed by atoms with Gasteiger partial charge >= 0.3 is 0 Å². The van der Waals surface area contributed by atoms with Crippen LogP contribution in [0, 0.1) is 6.92 Å². The van der Waals surface area contributed by atoms with E-state index in [-0.39, 0.29) is 0 Å². The number of aryl methyl sites for hydroxylation is 1. The fourth-order valence-electron chi connectivity index (χ4n) is 4.04. The van der Waals surface area contributed by atoms with Gasteiger partial charge in [-0.1, -0.05) is 6.07 Å². The Labute approximate surface area is 176 Å². The van der Waals surface area contributed by atoms with Crippen LogP contribution in [-0.4, -0.2) is 20.8 Å². The first-order valence-corrected chi connectivity index (χ1v) is 12.5. The van der Waals surface area contributed by atoms with E-state index < -0.39 is 21.9 Å². The van der Waals surface area contributed by atoms with Crippen LogP contribution in [0.1, 0.15) is 66.8 Å². The number of fused-ring (bicyclic) bond motifs is 1. The molecule has 2 atom stereocenters. The van der Waals surface area contributed by atoms with E-state index in [0.717, 1.165) is 30.5 Å². The number of thiophene rings is 1. The van der Waals surface area contributed by atoms with Crippen molar-refractivity contribution in [2.75, 3.05) is 5.32 Å². The molecule has 5 N–H and O–H groups in total. The van der Waals surface area contributed by atoms with Crippen molar-refractivity contribution in [3.05, 3.63) is 45.3 Å². The van der Waals surface area contributed by atoms with Crippen molar-refractivity contribution in [1.82, 2.24) is 0 Å². The lowest BCUT2D eigenvalue weighted by molar-refractivity contribution is 0.0789. The number of nitrogens with two attached hydrogens (primary N) is 1. The molecule has 0 amide bonds. The zero-order valence-electron chi connectivity index (χ0n) is 17.1. The second-order valence-electron chi connectivity index (χ2n) is 8.64. The normalized spacial score (nSPS) is 19.5. The molecule has 1 fully saturated rings. The third-order valence-electron chi connectivity index (χ3n) is 5.82. The molecule has 0 aliphatic heterocycles. The number of anilines is 1. The summed E-state index contributed by atoms with van der Waals surface area (Å²) in [6, 6.07) is 3.93. The van der Waals surface area contributed by atoms with Crippen molar-refractivity contribution in [2.45, 2.75) is 75.0 Å². The second kappa shape index (κ2) is 7.35. The number of benzene rings is 1. The van der Waals surface area contributed by atoms with Gasteiger partial charge < -0.3 is 15.5 Å². The van der Waals surface area contributed by atoms with E-state index in [1.165, 1.54) is 40.9 Å². The lowest BCUT2D eigenvalue weighted by atomic mass is 9.95. The summed E-state index contributed by atoms with van der Waals surface area (Å²) in [5.74, 6) is 0.612. The molecule has 1 aromatic heterocycles. The monoisotopic (exact) mass is 435 g/mol. The minimum atomic E-state index is -3.29. The quantitative estimate of drug-likeness (QED) is 0.518. The van der Waals surface area contributed by atoms with E-state index in [4.69, 9.17) is 5.14 Å². The first-order chi connectivity index (χ1) is 13.6. The summed E-state index contributed by atoms with van der Waals surface area (Å²) in [4.78, 5) is 0. The lowest BCUT2D eigenvalue weighted by Gasteiger charge is -2.20. The minimum absolute atomic E-state index is 0.337. The fourth-order valence-corrected chi connectivity index (χ4v) is 6.41. The van der Waals surface area contributed by atoms with Crippen molar-refractivity contribution in [3.63, 3.8) is 0 Å². The Balaban J connectivity index is 1.64. The number of rotatable bonds is 6. The van der Waals surface area contributed by atoms with E-state index in [0.29, 0.717) is 15.7 Å². The van der Waals surface area contributed by atoms with Gasteiger partial charge in [0.25, 0.3) is 0 Å². The van der Waals surface area contributed by atoms with Crippen LogP contribution >= 0.6 is 11.3 Å². The molecule has 0 saturated heterocycles. The molecule has 2 aliphatic rings. The van der Waals surface area contributed by atoms with Crippen LogP contribution in [0.25, 0.3) is 0 Å². The third-order valence-corrected chi connectivity index (χ3v) is 8.75. The SMILES string of the molecule is Cc1c(C2CC2)cc2c(c1NC(O)N=S(N)(=O)c1cc(C(C)(C)O)cs1)CCC2. The summed E-state index contributed by atoms with van der Waals surface area (Å²) in [5.41, 5.74) is 5.55. The maximum Gasteiger partial charge on any atom is 0.233 e. The molecule has 0 spiro atoms. The molecular weight excluding hydrogens is 406 g/mol. The minimum Gasteiger partial charge on any atom is -0.386 e. The third kappa shape index (κ3) is 4.22. The predicted molar refractivity (Wildman–Crippen MR) is 117 cm³/mol. The number of hydrogen-bond acceptors (Lipinski definition) is 6. The van der Waals surface area contributed by atoms with Crippen LogP contribution in [0.3, 0.4) is 0 Å². The summed E-state index contributed by atoms with van der Waals surface area (Å²) in [6.45, 7) is 5.39. The van der Waals surface area contributed by atoms with Gasteiger partial charge in [-0.3, -0.25) is 0 Å². The summed E-state index contributed by atoms with van der Waals surface area (Å²) >= 11 is 1.18. The van der Waals surface area contributed by atoms with Crippen LogP contribution in [0.5, 0.6) is 0 Å². The molecular formula is C21H29N3O3S2. The van der Waals surface area contributed by atoms with Gasteiger partial charge in [0.2, 0.25) is 6.35 Å². The number of aliphatic hydroxyl groups is 2. The Kier molecular flexibility index (Phi) is 5.28. The molecule has 2 aromatic rings. The number of nitrogens with one attached hydrogen (secondary N) is 1. The fraction of sp³-hybridized carbons (Fsp3) is 0.524. The summed E-state index contributed by atoms with van der Waals surface area (Å²) in [7, 11) is -3.29. The molecule has 0 radical (unpaired) electrons. The number of hydrogen-bond donors (Lipinski definition) is 4. The van der Waals surface area contributed by atoms with Gasteiger partial charge in [-0.2, -0.15) is 4.36 Å². The molecule has 1 heterocycles. The first kappa shape index (κ1) is 20.8. The molecule has 0 bridgehead atoms. The second-order valence-corrected chi connectivity index (χ2v) is 11.6. The van der Waals surface area contributed by atoms with Gasteiger partial charge in [-0.25, -0.2) is 9.35 Å². The maximum atomic E-state index is 13.0. The zero-order chi connectivity index (χ0) is 21.0. The highest BCUT2D eigenvalue weighted by Crippen LogP contribution is 2.46. The molecule has 6 nitrogen and oxygen atoms in total. The topological polar surface area (TPSA) is 108 Å². The van der Waals surface area contributed by atoms with Crippen molar-refractivity contribution in [1.29, 1.82) is 0 Å². The largest absolute Gasteiger partial charge is 0.386 e. The van der Waals surface area contributed by atoms with Gasteiger partial charge in [0.15, 0.2) is 0 Å². The highest BCUT2D eigenvalue weighted by Gasteiger charge is 2.30.